The van der Waals surface area contributed by atoms with Crippen molar-refractivity contribution in [2.24, 2.45) is 0 Å². The van der Waals surface area contributed by atoms with Gasteiger partial charge in [0.05, 0.1) is 6.04 Å². The SMILES string of the molecule is CC(=O)Oc1cccc(C(=O)N[C@@H](CCc2ccccc2)[C@H](O)C(=O)O)c1C. The molecule has 7 heteroatoms. The van der Waals surface area contributed by atoms with Crippen LogP contribution < -0.4 is 10.1 Å². The van der Waals surface area contributed by atoms with E-state index in [1.165, 1.54) is 6.92 Å². The highest BCUT2D eigenvalue weighted by molar-refractivity contribution is 5.97. The topological polar surface area (TPSA) is 113 Å². The minimum Gasteiger partial charge on any atom is -0.479 e. The molecule has 0 saturated heterocycles. The fourth-order valence-electron chi connectivity index (χ4n) is 2.82. The lowest BCUT2D eigenvalue weighted by Crippen LogP contribution is -2.47. The molecule has 2 atom stereocenters. The van der Waals surface area contributed by atoms with Crippen molar-refractivity contribution in [1.82, 2.24) is 5.32 Å². The molecule has 3 N–H and O–H groups in total. The normalized spacial score (nSPS) is 12.7. The number of nitrogens with one attached hydrogen (secondary N) is 1. The van der Waals surface area contributed by atoms with E-state index in [1.807, 2.05) is 30.3 Å². The van der Waals surface area contributed by atoms with Crippen molar-refractivity contribution in [3.05, 3.63) is 65.2 Å². The third-order valence-corrected chi connectivity index (χ3v) is 4.32. The van der Waals surface area contributed by atoms with Gasteiger partial charge in [-0.15, -0.1) is 0 Å². The second-order valence-electron chi connectivity index (χ2n) is 6.41. The monoisotopic (exact) mass is 385 g/mol. The Morgan fingerprint density at radius 3 is 2.36 bits per heavy atom. The Morgan fingerprint density at radius 1 is 1.07 bits per heavy atom. The lowest BCUT2D eigenvalue weighted by molar-refractivity contribution is -0.148. The molecule has 0 aromatic heterocycles. The summed E-state index contributed by atoms with van der Waals surface area (Å²) in [5, 5.41) is 21.8. The summed E-state index contributed by atoms with van der Waals surface area (Å²) in [4.78, 5) is 35.1. The van der Waals surface area contributed by atoms with Gasteiger partial charge in [-0.05, 0) is 37.5 Å². The van der Waals surface area contributed by atoms with Gasteiger partial charge in [-0.3, -0.25) is 9.59 Å². The summed E-state index contributed by atoms with van der Waals surface area (Å²) < 4.78 is 5.07. The first-order chi connectivity index (χ1) is 13.3. The molecule has 2 rings (SSSR count). The number of ether oxygens (including phenoxy) is 1. The van der Waals surface area contributed by atoms with Crippen molar-refractivity contribution < 1.29 is 29.3 Å². The van der Waals surface area contributed by atoms with E-state index in [1.54, 1.807) is 25.1 Å². The number of aliphatic carboxylic acids is 1. The number of aryl methyl sites for hydroxylation is 1. The molecule has 1 amide bonds. The van der Waals surface area contributed by atoms with Gasteiger partial charge in [0.15, 0.2) is 6.10 Å². The second kappa shape index (κ2) is 9.66. The van der Waals surface area contributed by atoms with Gasteiger partial charge in [0.2, 0.25) is 0 Å². The third kappa shape index (κ3) is 5.65. The van der Waals surface area contributed by atoms with Crippen LogP contribution in [0.2, 0.25) is 0 Å². The van der Waals surface area contributed by atoms with Crippen LogP contribution in [-0.4, -0.2) is 40.2 Å². The number of hydrogen-bond acceptors (Lipinski definition) is 5. The molecule has 148 valence electrons. The van der Waals surface area contributed by atoms with E-state index in [9.17, 15) is 24.6 Å². The molecule has 0 spiro atoms. The van der Waals surface area contributed by atoms with Crippen LogP contribution in [0.15, 0.2) is 48.5 Å². The second-order valence-corrected chi connectivity index (χ2v) is 6.41. The van der Waals surface area contributed by atoms with Gasteiger partial charge >= 0.3 is 11.9 Å². The van der Waals surface area contributed by atoms with Crippen LogP contribution in [0.3, 0.4) is 0 Å². The first kappa shape index (κ1) is 21.1. The summed E-state index contributed by atoms with van der Waals surface area (Å²) in [5.74, 6) is -2.23. The molecule has 2 aromatic carbocycles. The molecule has 0 unspecified atom stereocenters. The highest BCUT2D eigenvalue weighted by Crippen LogP contribution is 2.22. The number of rotatable bonds is 8. The van der Waals surface area contributed by atoms with E-state index < -0.39 is 30.0 Å². The number of carboxylic acid groups (broad SMARTS) is 1. The minimum absolute atomic E-state index is 0.237. The Hall–Kier alpha value is -3.19. The lowest BCUT2D eigenvalue weighted by Gasteiger charge is -2.22. The Balaban J connectivity index is 2.17. The zero-order chi connectivity index (χ0) is 20.7. The first-order valence-corrected chi connectivity index (χ1v) is 8.83. The third-order valence-electron chi connectivity index (χ3n) is 4.32. The smallest absolute Gasteiger partial charge is 0.334 e. The molecular weight excluding hydrogens is 362 g/mol. The summed E-state index contributed by atoms with van der Waals surface area (Å²) in [7, 11) is 0. The van der Waals surface area contributed by atoms with Crippen LogP contribution in [0.1, 0.15) is 34.8 Å². The van der Waals surface area contributed by atoms with Crippen molar-refractivity contribution in [1.29, 1.82) is 0 Å². The summed E-state index contributed by atoms with van der Waals surface area (Å²) >= 11 is 0. The number of carbonyl (C=O) groups excluding carboxylic acids is 2. The van der Waals surface area contributed by atoms with Gasteiger partial charge in [0, 0.05) is 18.1 Å². The van der Waals surface area contributed by atoms with Crippen LogP contribution >= 0.6 is 0 Å². The molecule has 28 heavy (non-hydrogen) atoms. The fraction of sp³-hybridized carbons (Fsp3) is 0.286. The standard InChI is InChI=1S/C21H23NO6/c1-13-16(9-6-10-18(13)28-14(2)23)20(25)22-17(19(24)21(26)27)12-11-15-7-4-3-5-8-15/h3-10,17,19,24H,11-12H2,1-2H3,(H,22,25)(H,26,27)/t17-,19-/m0/s1. The number of benzene rings is 2. The number of carbonyl (C=O) groups is 3. The zero-order valence-corrected chi connectivity index (χ0v) is 15.7. The Bertz CT molecular complexity index is 849. The number of hydrogen-bond donors (Lipinski definition) is 3. The van der Waals surface area contributed by atoms with E-state index in [2.05, 4.69) is 5.32 Å². The zero-order valence-electron chi connectivity index (χ0n) is 15.7. The van der Waals surface area contributed by atoms with E-state index in [-0.39, 0.29) is 17.7 Å². The molecule has 0 aliphatic carbocycles. The van der Waals surface area contributed by atoms with Crippen LogP contribution in [-0.2, 0) is 16.0 Å². The van der Waals surface area contributed by atoms with Gasteiger partial charge in [0.25, 0.3) is 5.91 Å². The quantitative estimate of drug-likeness (QED) is 0.474. The predicted octanol–water partition coefficient (Wildman–Crippen LogP) is 2.10. The van der Waals surface area contributed by atoms with Crippen molar-refractivity contribution in [3.8, 4) is 5.75 Å². The number of aliphatic hydroxyl groups is 1. The molecular formula is C21H23NO6. The first-order valence-electron chi connectivity index (χ1n) is 8.83. The number of esters is 1. The van der Waals surface area contributed by atoms with Crippen molar-refractivity contribution in [2.75, 3.05) is 0 Å². The minimum atomic E-state index is -1.75. The van der Waals surface area contributed by atoms with Gasteiger partial charge < -0.3 is 20.3 Å². The van der Waals surface area contributed by atoms with Gasteiger partial charge in [-0.25, -0.2) is 4.79 Å². The molecule has 0 heterocycles. The Morgan fingerprint density at radius 2 is 1.75 bits per heavy atom. The summed E-state index contributed by atoms with van der Waals surface area (Å²) in [5.41, 5.74) is 1.65. The maximum absolute atomic E-state index is 12.7. The number of amides is 1. The van der Waals surface area contributed by atoms with Crippen molar-refractivity contribution >= 4 is 17.8 Å². The average Bonchev–Trinajstić information content (AvgIpc) is 2.66. The van der Waals surface area contributed by atoms with E-state index in [4.69, 9.17) is 4.74 Å². The van der Waals surface area contributed by atoms with Crippen LogP contribution in [0.25, 0.3) is 0 Å². The molecule has 0 fully saturated rings. The Labute approximate surface area is 163 Å². The Kier molecular flexibility index (Phi) is 7.28. The largest absolute Gasteiger partial charge is 0.479 e. The number of aliphatic hydroxyl groups excluding tert-OH is 1. The van der Waals surface area contributed by atoms with Gasteiger partial charge in [0.1, 0.15) is 5.75 Å². The van der Waals surface area contributed by atoms with E-state index in [0.717, 1.165) is 5.56 Å². The van der Waals surface area contributed by atoms with Gasteiger partial charge in [-0.2, -0.15) is 0 Å². The molecule has 7 nitrogen and oxygen atoms in total. The maximum Gasteiger partial charge on any atom is 0.334 e. The summed E-state index contributed by atoms with van der Waals surface area (Å²) in [6.07, 6.45) is -1.02. The van der Waals surface area contributed by atoms with Crippen LogP contribution in [0, 0.1) is 6.92 Å². The maximum atomic E-state index is 12.7. The lowest BCUT2D eigenvalue weighted by atomic mass is 10.00. The molecule has 0 saturated carbocycles. The molecule has 0 aliphatic heterocycles. The average molecular weight is 385 g/mol. The van der Waals surface area contributed by atoms with Gasteiger partial charge in [-0.1, -0.05) is 36.4 Å². The predicted molar refractivity (Wildman–Crippen MR) is 102 cm³/mol. The van der Waals surface area contributed by atoms with Crippen LogP contribution in [0.4, 0.5) is 0 Å². The van der Waals surface area contributed by atoms with Crippen molar-refractivity contribution in [3.63, 3.8) is 0 Å². The molecule has 0 bridgehead atoms. The van der Waals surface area contributed by atoms with E-state index in [0.29, 0.717) is 12.0 Å². The van der Waals surface area contributed by atoms with Crippen LogP contribution in [0.5, 0.6) is 5.75 Å². The summed E-state index contributed by atoms with van der Waals surface area (Å²) in [6, 6.07) is 13.0. The number of carboxylic acids is 1. The molecule has 0 radical (unpaired) electrons. The summed E-state index contributed by atoms with van der Waals surface area (Å²) in [6.45, 7) is 2.88. The van der Waals surface area contributed by atoms with Crippen molar-refractivity contribution in [2.45, 2.75) is 38.8 Å². The molecule has 0 aliphatic rings. The molecule has 2 aromatic rings. The van der Waals surface area contributed by atoms with E-state index >= 15 is 0 Å². The highest BCUT2D eigenvalue weighted by atomic mass is 16.5. The highest BCUT2D eigenvalue weighted by Gasteiger charge is 2.28. The fourth-order valence-corrected chi connectivity index (χ4v) is 2.82.